The third-order valence-corrected chi connectivity index (χ3v) is 13.6. The highest BCUT2D eigenvalue weighted by Crippen LogP contribution is 2.36. The van der Waals surface area contributed by atoms with E-state index in [9.17, 15) is 14.4 Å². The first-order chi connectivity index (χ1) is 35.1. The summed E-state index contributed by atoms with van der Waals surface area (Å²) in [6.45, 7) is 4.70. The highest BCUT2D eigenvalue weighted by molar-refractivity contribution is 6.12. The van der Waals surface area contributed by atoms with Gasteiger partial charge < -0.3 is 54.1 Å². The SMILES string of the molecule is COc1ccc2c(c1)C(=O)N(c1ccc3ccn(CC#N)c3c1)C2.COc1ccc2c(c1)C(=O)N(c1ccc3ccn(CCN)c3c1)C2.COc1ccc2c(c1)C(=O)N(c1ccc3ccn(CCN)c3c1)C2.Cl.Cl. The maximum absolute atomic E-state index is 12.8. The number of nitrogens with two attached hydrogens (primary N) is 2. The zero-order valence-corrected chi connectivity index (χ0v) is 42.7. The Kier molecular flexibility index (Phi) is 15.7. The van der Waals surface area contributed by atoms with Gasteiger partial charge in [0.15, 0.2) is 0 Å². The molecule has 3 amide bonds. The number of amides is 3. The van der Waals surface area contributed by atoms with Crippen LogP contribution in [0.3, 0.4) is 0 Å². The van der Waals surface area contributed by atoms with Gasteiger partial charge in [0, 0.05) is 78.5 Å². The Morgan fingerprint density at radius 1 is 0.459 bits per heavy atom. The predicted molar refractivity (Wildman–Crippen MR) is 295 cm³/mol. The fourth-order valence-corrected chi connectivity index (χ4v) is 9.75. The first-order valence-electron chi connectivity index (χ1n) is 23.6. The lowest BCUT2D eigenvalue weighted by atomic mass is 10.1. The topological polar surface area (TPSA) is 179 Å². The number of aromatic nitrogens is 3. The fraction of sp³-hybridized carbons (Fsp3) is 0.193. The molecule has 9 aromatic rings. The van der Waals surface area contributed by atoms with Crippen molar-refractivity contribution >= 4 is 92.3 Å². The van der Waals surface area contributed by atoms with Crippen molar-refractivity contribution in [2.45, 2.75) is 39.3 Å². The first-order valence-corrected chi connectivity index (χ1v) is 23.6. The third kappa shape index (κ3) is 9.83. The van der Waals surface area contributed by atoms with Crippen LogP contribution < -0.4 is 40.4 Å². The summed E-state index contributed by atoms with van der Waals surface area (Å²) < 4.78 is 21.8. The molecule has 3 aromatic heterocycles. The highest BCUT2D eigenvalue weighted by Gasteiger charge is 2.32. The number of benzene rings is 6. The average molecular weight is 1030 g/mol. The normalized spacial score (nSPS) is 13.1. The van der Waals surface area contributed by atoms with Crippen molar-refractivity contribution < 1.29 is 28.6 Å². The Labute approximate surface area is 440 Å². The number of carbonyl (C=O) groups is 3. The smallest absolute Gasteiger partial charge is 0.259 e. The maximum Gasteiger partial charge on any atom is 0.259 e. The van der Waals surface area contributed by atoms with Gasteiger partial charge in [0.25, 0.3) is 17.7 Å². The van der Waals surface area contributed by atoms with Crippen LogP contribution in [0.5, 0.6) is 17.2 Å². The van der Waals surface area contributed by atoms with Crippen LogP contribution in [0.1, 0.15) is 47.8 Å². The summed E-state index contributed by atoms with van der Waals surface area (Å²) in [4.78, 5) is 43.7. The lowest BCUT2D eigenvalue weighted by Gasteiger charge is -2.16. The Hall–Kier alpha value is -8.26. The molecule has 17 heteroatoms. The van der Waals surface area contributed by atoms with Crippen molar-refractivity contribution in [3.63, 3.8) is 0 Å². The minimum absolute atomic E-state index is 0. The second-order valence-electron chi connectivity index (χ2n) is 17.7. The molecule has 3 aliphatic rings. The number of nitrogens with zero attached hydrogens (tertiary/aromatic N) is 7. The summed E-state index contributed by atoms with van der Waals surface area (Å²) in [5, 5.41) is 12.3. The molecule has 0 bridgehead atoms. The second-order valence-corrected chi connectivity index (χ2v) is 17.7. The molecule has 3 aliphatic heterocycles. The molecule has 0 fully saturated rings. The molecule has 0 unspecified atom stereocenters. The summed E-state index contributed by atoms with van der Waals surface area (Å²) in [5.74, 6) is 2.09. The zero-order chi connectivity index (χ0) is 50.0. The lowest BCUT2D eigenvalue weighted by Crippen LogP contribution is -2.23. The molecule has 0 radical (unpaired) electrons. The number of methoxy groups -OCH3 is 3. The van der Waals surface area contributed by atoms with E-state index >= 15 is 0 Å². The third-order valence-electron chi connectivity index (χ3n) is 13.6. The molecule has 6 heterocycles. The van der Waals surface area contributed by atoms with E-state index < -0.39 is 0 Å². The van der Waals surface area contributed by atoms with Gasteiger partial charge >= 0.3 is 0 Å². The van der Waals surface area contributed by atoms with Crippen LogP contribution >= 0.6 is 24.8 Å². The Morgan fingerprint density at radius 3 is 1.09 bits per heavy atom. The molecule has 12 rings (SSSR count). The predicted octanol–water partition coefficient (Wildman–Crippen LogP) is 9.72. The summed E-state index contributed by atoms with van der Waals surface area (Å²) in [7, 11) is 4.81. The minimum Gasteiger partial charge on any atom is -0.497 e. The van der Waals surface area contributed by atoms with Crippen LogP contribution in [0.15, 0.2) is 146 Å². The first kappa shape index (κ1) is 52.1. The van der Waals surface area contributed by atoms with Crippen molar-refractivity contribution in [2.24, 2.45) is 11.5 Å². The van der Waals surface area contributed by atoms with Gasteiger partial charge in [-0.25, -0.2) is 0 Å². The van der Waals surface area contributed by atoms with Crippen LogP contribution in [0.4, 0.5) is 17.1 Å². The number of hydrogen-bond acceptors (Lipinski definition) is 9. The molecule has 6 aromatic carbocycles. The molecule has 4 N–H and O–H groups in total. The van der Waals surface area contributed by atoms with E-state index in [-0.39, 0.29) is 42.5 Å². The molecular weight excluding hydrogens is 978 g/mol. The van der Waals surface area contributed by atoms with E-state index in [0.717, 1.165) is 79.6 Å². The van der Waals surface area contributed by atoms with Crippen molar-refractivity contribution in [3.8, 4) is 23.3 Å². The summed E-state index contributed by atoms with van der Waals surface area (Å²) in [5.41, 5.74) is 22.3. The molecule has 0 saturated heterocycles. The van der Waals surface area contributed by atoms with Gasteiger partial charge in [-0.2, -0.15) is 5.26 Å². The van der Waals surface area contributed by atoms with Crippen LogP contribution in [0, 0.1) is 11.3 Å². The summed E-state index contributed by atoms with van der Waals surface area (Å²) in [6.07, 6.45) is 5.96. The number of ether oxygens (including phenoxy) is 3. The van der Waals surface area contributed by atoms with Gasteiger partial charge in [0.2, 0.25) is 0 Å². The zero-order valence-electron chi connectivity index (χ0n) is 41.1. The van der Waals surface area contributed by atoms with Gasteiger partial charge in [-0.15, -0.1) is 24.8 Å². The molecule has 15 nitrogen and oxygen atoms in total. The van der Waals surface area contributed by atoms with Crippen LogP contribution in [-0.2, 0) is 39.3 Å². The molecule has 0 aliphatic carbocycles. The number of anilines is 3. The van der Waals surface area contributed by atoms with E-state index in [2.05, 4.69) is 51.6 Å². The Bertz CT molecular complexity index is 3460. The molecular formula is C57H55Cl2N9O6. The Balaban J connectivity index is 0.000000146. The number of carbonyl (C=O) groups excluding carboxylic acids is 3. The van der Waals surface area contributed by atoms with Gasteiger partial charge in [0.1, 0.15) is 23.8 Å². The van der Waals surface area contributed by atoms with Gasteiger partial charge in [0.05, 0.1) is 63.6 Å². The Morgan fingerprint density at radius 2 is 0.784 bits per heavy atom. The van der Waals surface area contributed by atoms with Crippen molar-refractivity contribution in [3.05, 3.63) is 179 Å². The monoisotopic (exact) mass is 1030 g/mol. The van der Waals surface area contributed by atoms with Gasteiger partial charge in [-0.05, 0) is 124 Å². The second kappa shape index (κ2) is 22.2. The maximum atomic E-state index is 12.8. The molecule has 0 spiro atoms. The lowest BCUT2D eigenvalue weighted by molar-refractivity contribution is 0.0988. The number of nitriles is 1. The standard InChI is InChI=1S/2C19H19N3O2.C19H15N3O2.2ClH/c3*1-24-16-5-3-14-12-22(19(23)17(14)11-16)15-4-2-13-6-8-21(9-7-20)18(13)10-15;;/h2*2-6,8,10-11H,7,9,12,20H2,1H3;2-6,8,10-11H,9,12H2,1H3;2*1H. The highest BCUT2D eigenvalue weighted by atomic mass is 35.5. The van der Waals surface area contributed by atoms with Crippen LogP contribution in [0.25, 0.3) is 32.7 Å². The van der Waals surface area contributed by atoms with E-state index in [1.807, 2.05) is 118 Å². The van der Waals surface area contributed by atoms with Gasteiger partial charge in [-0.3, -0.25) is 14.4 Å². The van der Waals surface area contributed by atoms with Crippen LogP contribution in [0.2, 0.25) is 0 Å². The number of halogens is 2. The summed E-state index contributed by atoms with van der Waals surface area (Å²) >= 11 is 0. The van der Waals surface area contributed by atoms with E-state index in [4.69, 9.17) is 30.9 Å². The van der Waals surface area contributed by atoms with Crippen molar-refractivity contribution in [1.82, 2.24) is 13.7 Å². The largest absolute Gasteiger partial charge is 0.497 e. The van der Waals surface area contributed by atoms with Crippen LogP contribution in [-0.4, -0.2) is 65.8 Å². The summed E-state index contributed by atoms with van der Waals surface area (Å²) in [6, 6.07) is 43.3. The number of hydrogen-bond donors (Lipinski definition) is 2. The number of fused-ring (bicyclic) bond motifs is 6. The van der Waals surface area contributed by atoms with Crippen molar-refractivity contribution in [1.29, 1.82) is 5.26 Å². The minimum atomic E-state index is -0.0263. The quantitative estimate of drug-likeness (QED) is 0.128. The molecule has 0 atom stereocenters. The van der Waals surface area contributed by atoms with E-state index in [1.54, 1.807) is 32.3 Å². The van der Waals surface area contributed by atoms with Crippen molar-refractivity contribution in [2.75, 3.05) is 49.1 Å². The van der Waals surface area contributed by atoms with E-state index in [0.29, 0.717) is 73.2 Å². The molecule has 74 heavy (non-hydrogen) atoms. The fourth-order valence-electron chi connectivity index (χ4n) is 9.75. The van der Waals surface area contributed by atoms with E-state index in [1.165, 1.54) is 0 Å². The van der Waals surface area contributed by atoms with Gasteiger partial charge in [-0.1, -0.05) is 36.4 Å². The average Bonchev–Trinajstić information content (AvgIpc) is 4.29. The molecule has 378 valence electrons. The number of rotatable bonds is 11. The molecule has 0 saturated carbocycles.